The zero-order chi connectivity index (χ0) is 16.6. The first-order valence-corrected chi connectivity index (χ1v) is 7.27. The van der Waals surface area contributed by atoms with Crippen molar-refractivity contribution in [3.05, 3.63) is 46.2 Å². The Morgan fingerprint density at radius 2 is 2.00 bits per heavy atom. The Kier molecular flexibility index (Phi) is 4.11. The lowest BCUT2D eigenvalue weighted by molar-refractivity contribution is 0.416. The molecular weight excluding hydrogens is 342 g/mol. The largest absolute Gasteiger partial charge is 0.496 e. The molecule has 1 aromatic heterocycles. The SMILES string of the molecule is COc1cc(N)c(Cl)cc1-c1n[nH]c(-c2c(F)cccc2Cl)n1. The number of ether oxygens (including phenoxy) is 1. The molecule has 8 heteroatoms. The van der Waals surface area contributed by atoms with Crippen molar-refractivity contribution in [1.29, 1.82) is 0 Å². The summed E-state index contributed by atoms with van der Waals surface area (Å²) in [5.41, 5.74) is 6.80. The highest BCUT2D eigenvalue weighted by atomic mass is 35.5. The van der Waals surface area contributed by atoms with Gasteiger partial charge >= 0.3 is 0 Å². The molecule has 0 aliphatic heterocycles. The van der Waals surface area contributed by atoms with Gasteiger partial charge in [-0.25, -0.2) is 9.37 Å². The Morgan fingerprint density at radius 3 is 2.70 bits per heavy atom. The van der Waals surface area contributed by atoms with Gasteiger partial charge in [-0.3, -0.25) is 5.10 Å². The van der Waals surface area contributed by atoms with Crippen molar-refractivity contribution in [3.8, 4) is 28.5 Å². The Balaban J connectivity index is 2.12. The van der Waals surface area contributed by atoms with Crippen molar-refractivity contribution in [2.45, 2.75) is 0 Å². The third-order valence-corrected chi connectivity index (χ3v) is 3.89. The molecule has 1 heterocycles. The van der Waals surface area contributed by atoms with Gasteiger partial charge in [-0.2, -0.15) is 5.10 Å². The summed E-state index contributed by atoms with van der Waals surface area (Å²) in [5.74, 6) is 0.454. The number of aromatic nitrogens is 3. The quantitative estimate of drug-likeness (QED) is 0.693. The zero-order valence-electron chi connectivity index (χ0n) is 11.9. The molecule has 0 amide bonds. The first-order chi connectivity index (χ1) is 11.0. The fourth-order valence-corrected chi connectivity index (χ4v) is 2.55. The minimum atomic E-state index is -0.498. The van der Waals surface area contributed by atoms with Crippen molar-refractivity contribution in [2.24, 2.45) is 0 Å². The van der Waals surface area contributed by atoms with Crippen LogP contribution in [0, 0.1) is 5.82 Å². The summed E-state index contributed by atoms with van der Waals surface area (Å²) in [6.45, 7) is 0. The second-order valence-corrected chi connectivity index (χ2v) is 5.49. The summed E-state index contributed by atoms with van der Waals surface area (Å²) in [6, 6.07) is 7.55. The van der Waals surface area contributed by atoms with Crippen LogP contribution in [0.1, 0.15) is 0 Å². The van der Waals surface area contributed by atoms with Crippen LogP contribution in [0.5, 0.6) is 5.75 Å². The third-order valence-electron chi connectivity index (χ3n) is 3.24. The van der Waals surface area contributed by atoms with E-state index in [1.54, 1.807) is 18.2 Å². The zero-order valence-corrected chi connectivity index (χ0v) is 13.4. The van der Waals surface area contributed by atoms with Crippen LogP contribution in [0.3, 0.4) is 0 Å². The molecule has 3 aromatic rings. The average Bonchev–Trinajstić information content (AvgIpc) is 2.98. The van der Waals surface area contributed by atoms with Crippen LogP contribution in [-0.4, -0.2) is 22.3 Å². The molecule has 0 atom stereocenters. The number of nitrogen functional groups attached to an aromatic ring is 1. The van der Waals surface area contributed by atoms with Gasteiger partial charge in [-0.1, -0.05) is 29.3 Å². The molecule has 3 N–H and O–H groups in total. The van der Waals surface area contributed by atoms with E-state index in [1.807, 2.05) is 0 Å². The molecule has 0 bridgehead atoms. The van der Waals surface area contributed by atoms with E-state index in [0.29, 0.717) is 22.0 Å². The standard InChI is InChI=1S/C15H11Cl2FN4O/c1-23-12-6-11(19)9(17)5-7(12)14-20-15(22-21-14)13-8(16)3-2-4-10(13)18/h2-6H,19H2,1H3,(H,20,21,22). The van der Waals surface area contributed by atoms with Crippen LogP contribution in [0.25, 0.3) is 22.8 Å². The second kappa shape index (κ2) is 6.06. The fourth-order valence-electron chi connectivity index (χ4n) is 2.13. The molecule has 0 spiro atoms. The molecule has 0 unspecified atom stereocenters. The summed E-state index contributed by atoms with van der Waals surface area (Å²) in [4.78, 5) is 4.28. The molecule has 0 aliphatic rings. The highest BCUT2D eigenvalue weighted by Gasteiger charge is 2.18. The van der Waals surface area contributed by atoms with Crippen molar-refractivity contribution < 1.29 is 9.13 Å². The van der Waals surface area contributed by atoms with E-state index < -0.39 is 5.82 Å². The van der Waals surface area contributed by atoms with Gasteiger partial charge < -0.3 is 10.5 Å². The molecular formula is C15H11Cl2FN4O. The lowest BCUT2D eigenvalue weighted by atomic mass is 10.1. The monoisotopic (exact) mass is 352 g/mol. The van der Waals surface area contributed by atoms with E-state index in [-0.39, 0.29) is 22.2 Å². The minimum Gasteiger partial charge on any atom is -0.496 e. The summed E-state index contributed by atoms with van der Waals surface area (Å²) in [5, 5.41) is 7.33. The average molecular weight is 353 g/mol. The number of halogens is 3. The molecule has 0 aliphatic carbocycles. The van der Waals surface area contributed by atoms with E-state index in [0.717, 1.165) is 0 Å². The molecule has 5 nitrogen and oxygen atoms in total. The number of nitrogens with one attached hydrogen (secondary N) is 1. The highest BCUT2D eigenvalue weighted by molar-refractivity contribution is 6.33. The van der Waals surface area contributed by atoms with Crippen molar-refractivity contribution in [2.75, 3.05) is 12.8 Å². The van der Waals surface area contributed by atoms with Crippen LogP contribution in [0.15, 0.2) is 30.3 Å². The van der Waals surface area contributed by atoms with Gasteiger partial charge in [0.2, 0.25) is 0 Å². The van der Waals surface area contributed by atoms with E-state index in [9.17, 15) is 4.39 Å². The Labute approximate surface area is 141 Å². The van der Waals surface area contributed by atoms with Gasteiger partial charge in [0.15, 0.2) is 11.6 Å². The summed E-state index contributed by atoms with van der Waals surface area (Å²) >= 11 is 12.1. The normalized spacial score (nSPS) is 10.8. The van der Waals surface area contributed by atoms with Crippen LogP contribution < -0.4 is 10.5 Å². The molecule has 0 saturated heterocycles. The topological polar surface area (TPSA) is 76.8 Å². The first-order valence-electron chi connectivity index (χ1n) is 6.51. The number of hydrogen-bond acceptors (Lipinski definition) is 4. The summed E-state index contributed by atoms with van der Waals surface area (Å²) in [6.07, 6.45) is 0. The van der Waals surface area contributed by atoms with Crippen LogP contribution in [-0.2, 0) is 0 Å². The maximum Gasteiger partial charge on any atom is 0.185 e. The summed E-state index contributed by atoms with van der Waals surface area (Å²) < 4.78 is 19.2. The van der Waals surface area contributed by atoms with Gasteiger partial charge in [0.25, 0.3) is 0 Å². The van der Waals surface area contributed by atoms with E-state index in [1.165, 1.54) is 19.2 Å². The molecule has 3 rings (SSSR count). The molecule has 23 heavy (non-hydrogen) atoms. The number of anilines is 1. The minimum absolute atomic E-state index is 0.147. The summed E-state index contributed by atoms with van der Waals surface area (Å²) in [7, 11) is 1.49. The van der Waals surface area contributed by atoms with Crippen molar-refractivity contribution in [3.63, 3.8) is 0 Å². The smallest absolute Gasteiger partial charge is 0.185 e. The highest BCUT2D eigenvalue weighted by Crippen LogP contribution is 2.36. The van der Waals surface area contributed by atoms with Crippen LogP contribution >= 0.6 is 23.2 Å². The number of methoxy groups -OCH3 is 1. The number of H-pyrrole nitrogens is 1. The number of rotatable bonds is 3. The Bertz CT molecular complexity index is 862. The number of aromatic amines is 1. The maximum absolute atomic E-state index is 14.0. The molecule has 0 radical (unpaired) electrons. The third kappa shape index (κ3) is 2.83. The number of hydrogen-bond donors (Lipinski definition) is 2. The number of benzene rings is 2. The number of nitrogens with two attached hydrogens (primary N) is 1. The van der Waals surface area contributed by atoms with Gasteiger partial charge in [-0.15, -0.1) is 0 Å². The van der Waals surface area contributed by atoms with Gasteiger partial charge in [-0.05, 0) is 18.2 Å². The molecule has 118 valence electrons. The van der Waals surface area contributed by atoms with Crippen molar-refractivity contribution >= 4 is 28.9 Å². The maximum atomic E-state index is 14.0. The molecule has 0 saturated carbocycles. The van der Waals surface area contributed by atoms with Gasteiger partial charge in [0, 0.05) is 6.07 Å². The van der Waals surface area contributed by atoms with E-state index in [2.05, 4.69) is 15.2 Å². The van der Waals surface area contributed by atoms with Crippen LogP contribution in [0.2, 0.25) is 10.0 Å². The molecule has 0 fully saturated rings. The van der Waals surface area contributed by atoms with Gasteiger partial charge in [0.1, 0.15) is 11.6 Å². The predicted octanol–water partition coefficient (Wildman–Crippen LogP) is 4.18. The number of nitrogens with zero attached hydrogens (tertiary/aromatic N) is 2. The van der Waals surface area contributed by atoms with Crippen molar-refractivity contribution in [1.82, 2.24) is 15.2 Å². The lowest BCUT2D eigenvalue weighted by Gasteiger charge is -2.08. The fraction of sp³-hybridized carbons (Fsp3) is 0.0667. The van der Waals surface area contributed by atoms with E-state index >= 15 is 0 Å². The lowest BCUT2D eigenvalue weighted by Crippen LogP contribution is -1.94. The molecule has 2 aromatic carbocycles. The van der Waals surface area contributed by atoms with Crippen LogP contribution in [0.4, 0.5) is 10.1 Å². The van der Waals surface area contributed by atoms with E-state index in [4.69, 9.17) is 33.7 Å². The first kappa shape index (κ1) is 15.6. The Morgan fingerprint density at radius 1 is 1.22 bits per heavy atom. The Hall–Kier alpha value is -2.31. The predicted molar refractivity (Wildman–Crippen MR) is 88.2 cm³/mol. The van der Waals surface area contributed by atoms with Gasteiger partial charge in [0.05, 0.1) is 34.0 Å². The second-order valence-electron chi connectivity index (χ2n) is 4.68.